The number of hydrogen-bond acceptors (Lipinski definition) is 4. The van der Waals surface area contributed by atoms with E-state index in [9.17, 15) is 14.7 Å². The monoisotopic (exact) mass is 288 g/mol. The Morgan fingerprint density at radius 1 is 1.43 bits per heavy atom. The summed E-state index contributed by atoms with van der Waals surface area (Å²) in [7, 11) is 0. The maximum absolute atomic E-state index is 12.0. The Morgan fingerprint density at radius 2 is 2.19 bits per heavy atom. The quantitative estimate of drug-likeness (QED) is 0.492. The van der Waals surface area contributed by atoms with Gasteiger partial charge in [0.15, 0.2) is 11.5 Å². The average Bonchev–Trinajstić information content (AvgIpc) is 2.71. The van der Waals surface area contributed by atoms with Crippen molar-refractivity contribution >= 4 is 18.0 Å². The van der Waals surface area contributed by atoms with E-state index in [2.05, 4.69) is 11.9 Å². The van der Waals surface area contributed by atoms with E-state index in [0.717, 1.165) is 4.90 Å². The number of aromatic hydroxyl groups is 1. The summed E-state index contributed by atoms with van der Waals surface area (Å²) in [5.74, 6) is -0.0634. The molecule has 0 spiro atoms. The van der Waals surface area contributed by atoms with Gasteiger partial charge in [0.1, 0.15) is 5.70 Å². The molecule has 0 unspecified atom stereocenters. The molecule has 0 bridgehead atoms. The Kier molecular flexibility index (Phi) is 4.27. The molecule has 1 fully saturated rings. The van der Waals surface area contributed by atoms with Crippen molar-refractivity contribution in [3.8, 4) is 11.5 Å². The van der Waals surface area contributed by atoms with Crippen molar-refractivity contribution in [1.29, 1.82) is 0 Å². The van der Waals surface area contributed by atoms with Gasteiger partial charge in [0, 0.05) is 6.54 Å². The number of phenolic OH excluding ortho intramolecular Hbond substituents is 1. The zero-order chi connectivity index (χ0) is 15.4. The van der Waals surface area contributed by atoms with Crippen molar-refractivity contribution in [2.75, 3.05) is 13.2 Å². The molecule has 0 radical (unpaired) electrons. The SMILES string of the molecule is C=CCN1C(=O)NC(=Cc2ccc(O)c(OCC)c2)C1=O. The van der Waals surface area contributed by atoms with Gasteiger partial charge in [-0.05, 0) is 30.7 Å². The van der Waals surface area contributed by atoms with Crippen LogP contribution in [0.1, 0.15) is 12.5 Å². The average molecular weight is 288 g/mol. The second kappa shape index (κ2) is 6.13. The maximum atomic E-state index is 12.0. The minimum absolute atomic E-state index is 0.0223. The molecule has 3 amide bonds. The fourth-order valence-corrected chi connectivity index (χ4v) is 1.92. The lowest BCUT2D eigenvalue weighted by atomic mass is 10.1. The number of carbonyl (C=O) groups is 2. The Balaban J connectivity index is 2.28. The van der Waals surface area contributed by atoms with Crippen molar-refractivity contribution < 1.29 is 19.4 Å². The molecule has 6 nitrogen and oxygen atoms in total. The molecule has 110 valence electrons. The fourth-order valence-electron chi connectivity index (χ4n) is 1.92. The number of carbonyl (C=O) groups excluding carboxylic acids is 2. The van der Waals surface area contributed by atoms with Crippen LogP contribution in [0.2, 0.25) is 0 Å². The van der Waals surface area contributed by atoms with Gasteiger partial charge in [0.25, 0.3) is 5.91 Å². The van der Waals surface area contributed by atoms with E-state index in [1.807, 2.05) is 0 Å². The molecule has 0 aromatic heterocycles. The van der Waals surface area contributed by atoms with Gasteiger partial charge in [0.2, 0.25) is 0 Å². The summed E-state index contributed by atoms with van der Waals surface area (Å²) in [4.78, 5) is 24.7. The third-order valence-electron chi connectivity index (χ3n) is 2.87. The van der Waals surface area contributed by atoms with E-state index >= 15 is 0 Å². The van der Waals surface area contributed by atoms with E-state index in [1.54, 1.807) is 19.1 Å². The molecule has 21 heavy (non-hydrogen) atoms. The highest BCUT2D eigenvalue weighted by Crippen LogP contribution is 2.28. The van der Waals surface area contributed by atoms with Crippen LogP contribution in [0.4, 0.5) is 4.79 Å². The molecule has 6 heteroatoms. The minimum atomic E-state index is -0.477. The van der Waals surface area contributed by atoms with Crippen molar-refractivity contribution in [3.63, 3.8) is 0 Å². The molecule has 0 atom stereocenters. The third kappa shape index (κ3) is 3.05. The number of urea groups is 1. The van der Waals surface area contributed by atoms with Gasteiger partial charge in [0.05, 0.1) is 6.61 Å². The lowest BCUT2D eigenvalue weighted by Crippen LogP contribution is -2.30. The first-order chi connectivity index (χ1) is 10.1. The van der Waals surface area contributed by atoms with Crippen molar-refractivity contribution in [1.82, 2.24) is 10.2 Å². The van der Waals surface area contributed by atoms with E-state index in [-0.39, 0.29) is 18.0 Å². The van der Waals surface area contributed by atoms with E-state index < -0.39 is 11.9 Å². The van der Waals surface area contributed by atoms with Gasteiger partial charge in [-0.2, -0.15) is 0 Å². The topological polar surface area (TPSA) is 78.9 Å². The number of imide groups is 1. The number of nitrogens with one attached hydrogen (secondary N) is 1. The number of rotatable bonds is 5. The summed E-state index contributed by atoms with van der Waals surface area (Å²) < 4.78 is 5.27. The highest BCUT2D eigenvalue weighted by Gasteiger charge is 2.32. The number of hydrogen-bond donors (Lipinski definition) is 2. The molecule has 1 saturated heterocycles. The Hall–Kier alpha value is -2.76. The molecular formula is C15H16N2O4. The summed E-state index contributed by atoms with van der Waals surface area (Å²) in [6, 6.07) is 4.22. The number of ether oxygens (including phenoxy) is 1. The van der Waals surface area contributed by atoms with Crippen molar-refractivity contribution in [2.24, 2.45) is 0 Å². The lowest BCUT2D eigenvalue weighted by Gasteiger charge is -2.07. The molecule has 2 N–H and O–H groups in total. The van der Waals surface area contributed by atoms with E-state index in [4.69, 9.17) is 4.74 Å². The highest BCUT2D eigenvalue weighted by atomic mass is 16.5. The largest absolute Gasteiger partial charge is 0.504 e. The summed E-state index contributed by atoms with van der Waals surface area (Å²) in [6.45, 7) is 5.88. The molecule has 1 heterocycles. The molecule has 0 aliphatic carbocycles. The minimum Gasteiger partial charge on any atom is -0.504 e. The molecule has 2 rings (SSSR count). The van der Waals surface area contributed by atoms with Gasteiger partial charge in [-0.15, -0.1) is 6.58 Å². The molecule has 1 aromatic carbocycles. The predicted octanol–water partition coefficient (Wildman–Crippen LogP) is 1.87. The van der Waals surface area contributed by atoms with Crippen LogP contribution in [-0.4, -0.2) is 35.1 Å². The number of nitrogens with zero attached hydrogens (tertiary/aromatic N) is 1. The van der Waals surface area contributed by atoms with Gasteiger partial charge in [-0.3, -0.25) is 9.69 Å². The van der Waals surface area contributed by atoms with Crippen molar-refractivity contribution in [2.45, 2.75) is 6.92 Å². The standard InChI is InChI=1S/C15H16N2O4/c1-3-7-17-14(19)11(16-15(17)20)8-10-5-6-12(18)13(9-10)21-4-2/h3,5-6,8-9,18H,1,4,7H2,2H3,(H,16,20). The fraction of sp³-hybridized carbons (Fsp3) is 0.200. The zero-order valence-corrected chi connectivity index (χ0v) is 11.6. The molecule has 1 aliphatic rings. The van der Waals surface area contributed by atoms with Gasteiger partial charge in [-0.1, -0.05) is 12.1 Å². The van der Waals surface area contributed by atoms with Gasteiger partial charge < -0.3 is 15.2 Å². The summed E-state index contributed by atoms with van der Waals surface area (Å²) in [5.41, 5.74) is 0.815. The Morgan fingerprint density at radius 3 is 2.86 bits per heavy atom. The maximum Gasteiger partial charge on any atom is 0.329 e. The highest BCUT2D eigenvalue weighted by molar-refractivity contribution is 6.14. The normalized spacial score (nSPS) is 16.2. The van der Waals surface area contributed by atoms with Crippen LogP contribution in [0.5, 0.6) is 11.5 Å². The van der Waals surface area contributed by atoms with Crippen LogP contribution in [0.3, 0.4) is 0 Å². The van der Waals surface area contributed by atoms with Crippen LogP contribution in [0.25, 0.3) is 6.08 Å². The van der Waals surface area contributed by atoms with Crippen LogP contribution in [-0.2, 0) is 4.79 Å². The third-order valence-corrected chi connectivity index (χ3v) is 2.87. The molecular weight excluding hydrogens is 272 g/mol. The predicted molar refractivity (Wildman–Crippen MR) is 77.7 cm³/mol. The summed E-state index contributed by atoms with van der Waals surface area (Å²) in [5, 5.41) is 12.1. The Bertz CT molecular complexity index is 622. The van der Waals surface area contributed by atoms with Crippen LogP contribution in [0.15, 0.2) is 36.6 Å². The second-order valence-corrected chi connectivity index (χ2v) is 4.35. The zero-order valence-electron chi connectivity index (χ0n) is 11.6. The number of benzene rings is 1. The first kappa shape index (κ1) is 14.6. The smallest absolute Gasteiger partial charge is 0.329 e. The van der Waals surface area contributed by atoms with Gasteiger partial charge in [-0.25, -0.2) is 4.79 Å². The molecule has 1 aliphatic heterocycles. The molecule has 1 aromatic rings. The summed E-state index contributed by atoms with van der Waals surface area (Å²) in [6.07, 6.45) is 3.01. The second-order valence-electron chi connectivity index (χ2n) is 4.35. The van der Waals surface area contributed by atoms with Crippen LogP contribution >= 0.6 is 0 Å². The summed E-state index contributed by atoms with van der Waals surface area (Å²) >= 11 is 0. The first-order valence-corrected chi connectivity index (χ1v) is 6.48. The first-order valence-electron chi connectivity index (χ1n) is 6.48. The van der Waals surface area contributed by atoms with E-state index in [0.29, 0.717) is 17.9 Å². The number of phenols is 1. The van der Waals surface area contributed by atoms with Crippen LogP contribution in [0, 0.1) is 0 Å². The van der Waals surface area contributed by atoms with Crippen LogP contribution < -0.4 is 10.1 Å². The van der Waals surface area contributed by atoms with Crippen molar-refractivity contribution in [3.05, 3.63) is 42.1 Å². The van der Waals surface area contributed by atoms with Gasteiger partial charge >= 0.3 is 6.03 Å². The number of amides is 3. The lowest BCUT2D eigenvalue weighted by molar-refractivity contribution is -0.122. The Labute approximate surface area is 122 Å². The molecule has 0 saturated carbocycles. The van der Waals surface area contributed by atoms with E-state index in [1.165, 1.54) is 18.2 Å².